The van der Waals surface area contributed by atoms with Gasteiger partial charge < -0.3 is 20.0 Å². The van der Waals surface area contributed by atoms with E-state index in [2.05, 4.69) is 73.1 Å². The molecular weight excluding hydrogens is 492 g/mol. The number of amides is 1. The topological polar surface area (TPSA) is 96.9 Å². The van der Waals surface area contributed by atoms with E-state index in [9.17, 15) is 9.59 Å². The predicted molar refractivity (Wildman–Crippen MR) is 159 cm³/mol. The molecule has 3 N–H and O–H groups in total. The Balaban J connectivity index is 3.01. The van der Waals surface area contributed by atoms with E-state index in [1.54, 1.807) is 0 Å². The van der Waals surface area contributed by atoms with Crippen molar-refractivity contribution in [2.24, 2.45) is 16.7 Å². The maximum Gasteiger partial charge on any atom is 0.226 e. The Bertz CT molecular complexity index is 810. The Morgan fingerprint density at radius 2 is 1.41 bits per heavy atom. The molecule has 1 aliphatic rings. The molecule has 39 heavy (non-hydrogen) atoms. The van der Waals surface area contributed by atoms with Gasteiger partial charge in [-0.1, -0.05) is 34.6 Å². The molecule has 0 saturated heterocycles. The fraction of sp³-hybridized carbons (Fsp3) is 0.938. The second-order valence-corrected chi connectivity index (χ2v) is 14.2. The van der Waals surface area contributed by atoms with Crippen molar-refractivity contribution in [1.82, 2.24) is 10.8 Å². The molecule has 1 rings (SSSR count). The average Bonchev–Trinajstić information content (AvgIpc) is 3.71. The van der Waals surface area contributed by atoms with E-state index in [1.165, 1.54) is 0 Å². The van der Waals surface area contributed by atoms with Gasteiger partial charge in [-0.05, 0) is 106 Å². The smallest absolute Gasteiger partial charge is 0.226 e. The molecule has 4 atom stereocenters. The Morgan fingerprint density at radius 3 is 1.85 bits per heavy atom. The average molecular weight is 555 g/mol. The summed E-state index contributed by atoms with van der Waals surface area (Å²) in [6.07, 6.45) is 6.83. The summed E-state index contributed by atoms with van der Waals surface area (Å²) < 4.78 is 13.0. The number of Topliss-reactive ketones (excluding diaryl/α,β-unsaturated/α-hetero) is 1. The van der Waals surface area contributed by atoms with E-state index < -0.39 is 27.6 Å². The van der Waals surface area contributed by atoms with Gasteiger partial charge in [0.15, 0.2) is 0 Å². The van der Waals surface area contributed by atoms with Crippen LogP contribution in [0.1, 0.15) is 141 Å². The fourth-order valence-corrected chi connectivity index (χ4v) is 5.87. The molecule has 0 spiro atoms. The molecule has 1 amide bonds. The molecule has 230 valence electrons. The molecule has 1 fully saturated rings. The number of carbonyl (C=O) groups excluding carboxylic acids is 2. The van der Waals surface area contributed by atoms with Gasteiger partial charge in [-0.15, -0.1) is 0 Å². The highest BCUT2D eigenvalue weighted by Crippen LogP contribution is 2.50. The lowest BCUT2D eigenvalue weighted by atomic mass is 9.66. The summed E-state index contributed by atoms with van der Waals surface area (Å²) in [7, 11) is 0. The zero-order valence-electron chi connectivity index (χ0n) is 27.4. The van der Waals surface area contributed by atoms with Crippen LogP contribution >= 0.6 is 0 Å². The number of rotatable bonds is 20. The Hall–Kier alpha value is -1.02. The van der Waals surface area contributed by atoms with Gasteiger partial charge in [0.2, 0.25) is 5.91 Å². The molecule has 7 nitrogen and oxygen atoms in total. The Morgan fingerprint density at radius 1 is 0.821 bits per heavy atom. The zero-order valence-corrected chi connectivity index (χ0v) is 27.4. The summed E-state index contributed by atoms with van der Waals surface area (Å²) in [5, 5.41) is 12.3. The van der Waals surface area contributed by atoms with Gasteiger partial charge in [0.05, 0.1) is 22.2 Å². The van der Waals surface area contributed by atoms with Crippen molar-refractivity contribution >= 4 is 11.7 Å². The first-order valence-corrected chi connectivity index (χ1v) is 15.4. The summed E-state index contributed by atoms with van der Waals surface area (Å²) in [6, 6.07) is 0. The van der Waals surface area contributed by atoms with Crippen LogP contribution in [0.25, 0.3) is 0 Å². The molecular formula is C32H62N2O5. The minimum absolute atomic E-state index is 0.0280. The summed E-state index contributed by atoms with van der Waals surface area (Å²) in [4.78, 5) is 27.3. The highest BCUT2D eigenvalue weighted by atomic mass is 16.5. The second-order valence-electron chi connectivity index (χ2n) is 14.2. The molecule has 7 heteroatoms. The van der Waals surface area contributed by atoms with Gasteiger partial charge in [-0.2, -0.15) is 0 Å². The highest BCUT2D eigenvalue weighted by molar-refractivity contribution is 5.89. The quantitative estimate of drug-likeness (QED) is 0.140. The van der Waals surface area contributed by atoms with Crippen molar-refractivity contribution in [2.75, 3.05) is 13.2 Å². The minimum atomic E-state index is -0.634. The van der Waals surface area contributed by atoms with E-state index >= 15 is 0 Å². The van der Waals surface area contributed by atoms with Crippen LogP contribution < -0.4 is 10.8 Å². The van der Waals surface area contributed by atoms with E-state index in [1.807, 2.05) is 20.8 Å². The number of hydroxylamine groups is 1. The fourth-order valence-electron chi connectivity index (χ4n) is 5.87. The van der Waals surface area contributed by atoms with Crippen LogP contribution in [0.3, 0.4) is 0 Å². The third-order valence-electron chi connectivity index (χ3n) is 9.87. The largest absolute Gasteiger partial charge is 0.375 e. The van der Waals surface area contributed by atoms with Crippen molar-refractivity contribution in [3.05, 3.63) is 0 Å². The standard InChI is InChI=1S/C32H62N2O5/c1-13-29(9,26(36)34-30(10,14-2)20-22-38-27(5,6)19-21-33-37)23-28(7,8)39-32(12,16-4)31(11,15-3)25(35)24-17-18-24/h24,33,37H,13-23H2,1-12H3,(H,34,36). The summed E-state index contributed by atoms with van der Waals surface area (Å²) in [5.41, 5.74) is -1.01. The normalized spacial score (nSPS) is 20.8. The third-order valence-corrected chi connectivity index (χ3v) is 9.87. The molecule has 0 bridgehead atoms. The number of carbonyl (C=O) groups is 2. The monoisotopic (exact) mass is 554 g/mol. The van der Waals surface area contributed by atoms with Crippen LogP contribution in [-0.2, 0) is 19.1 Å². The van der Waals surface area contributed by atoms with Crippen molar-refractivity contribution in [1.29, 1.82) is 0 Å². The molecule has 0 aromatic heterocycles. The molecule has 0 aromatic carbocycles. The number of hydrogen-bond acceptors (Lipinski definition) is 6. The SMILES string of the molecule is CCC(C)(CCOC(C)(C)CCNO)NC(=O)C(C)(CC)CC(C)(C)OC(C)(CC)C(C)(CC)C(=O)C1CC1. The van der Waals surface area contributed by atoms with Crippen molar-refractivity contribution in [2.45, 2.75) is 163 Å². The molecule has 0 aromatic rings. The van der Waals surface area contributed by atoms with Crippen molar-refractivity contribution < 1.29 is 24.3 Å². The van der Waals surface area contributed by atoms with Crippen LogP contribution in [-0.4, -0.2) is 52.4 Å². The molecule has 0 aliphatic heterocycles. The molecule has 4 unspecified atom stereocenters. The van der Waals surface area contributed by atoms with Gasteiger partial charge >= 0.3 is 0 Å². The van der Waals surface area contributed by atoms with E-state index in [4.69, 9.17) is 14.7 Å². The van der Waals surface area contributed by atoms with Crippen LogP contribution in [0.4, 0.5) is 0 Å². The molecule has 0 heterocycles. The lowest BCUT2D eigenvalue weighted by Gasteiger charge is -2.50. The van der Waals surface area contributed by atoms with E-state index in [0.29, 0.717) is 44.6 Å². The van der Waals surface area contributed by atoms with Gasteiger partial charge in [0, 0.05) is 30.0 Å². The first-order valence-electron chi connectivity index (χ1n) is 15.4. The van der Waals surface area contributed by atoms with Gasteiger partial charge in [-0.25, -0.2) is 5.48 Å². The van der Waals surface area contributed by atoms with Gasteiger partial charge in [0.1, 0.15) is 5.78 Å². The minimum Gasteiger partial charge on any atom is -0.375 e. The Kier molecular flexibility index (Phi) is 12.7. The maximum atomic E-state index is 13.8. The lowest BCUT2D eigenvalue weighted by Crippen LogP contribution is -2.57. The number of ketones is 1. The van der Waals surface area contributed by atoms with Crippen LogP contribution in [0, 0.1) is 16.7 Å². The van der Waals surface area contributed by atoms with Crippen molar-refractivity contribution in [3.8, 4) is 0 Å². The zero-order chi connectivity index (χ0) is 30.3. The first-order chi connectivity index (χ1) is 17.8. The number of nitrogens with one attached hydrogen (secondary N) is 2. The highest BCUT2D eigenvalue weighted by Gasteiger charge is 2.55. The molecule has 1 aliphatic carbocycles. The van der Waals surface area contributed by atoms with Gasteiger partial charge in [0.25, 0.3) is 0 Å². The number of hydrogen-bond donors (Lipinski definition) is 3. The van der Waals surface area contributed by atoms with Crippen molar-refractivity contribution in [3.63, 3.8) is 0 Å². The maximum absolute atomic E-state index is 13.8. The van der Waals surface area contributed by atoms with Crippen LogP contribution in [0.5, 0.6) is 0 Å². The second kappa shape index (κ2) is 13.8. The third kappa shape index (κ3) is 9.51. The van der Waals surface area contributed by atoms with Crippen LogP contribution in [0.15, 0.2) is 0 Å². The molecule has 1 saturated carbocycles. The Labute approximate surface area is 239 Å². The van der Waals surface area contributed by atoms with E-state index in [-0.39, 0.29) is 17.4 Å². The summed E-state index contributed by atoms with van der Waals surface area (Å²) >= 11 is 0. The van der Waals surface area contributed by atoms with E-state index in [0.717, 1.165) is 32.1 Å². The summed E-state index contributed by atoms with van der Waals surface area (Å²) in [6.45, 7) is 25.8. The van der Waals surface area contributed by atoms with Gasteiger partial charge in [-0.3, -0.25) is 9.59 Å². The summed E-state index contributed by atoms with van der Waals surface area (Å²) in [5.74, 6) is 0.532. The first kappa shape index (κ1) is 36.0. The predicted octanol–water partition coefficient (Wildman–Crippen LogP) is 6.99. The number of ether oxygens (including phenoxy) is 2. The lowest BCUT2D eigenvalue weighted by molar-refractivity contribution is -0.204. The molecule has 0 radical (unpaired) electrons. The van der Waals surface area contributed by atoms with Crippen LogP contribution in [0.2, 0.25) is 0 Å².